The van der Waals surface area contributed by atoms with Crippen molar-refractivity contribution in [2.75, 3.05) is 33.0 Å². The second-order valence-electron chi connectivity index (χ2n) is 9.24. The number of nitrogens with two attached hydrogens (primary N) is 1. The van der Waals surface area contributed by atoms with Crippen LogP contribution in [0.4, 0.5) is 14.6 Å². The highest BCUT2D eigenvalue weighted by Gasteiger charge is 2.28. The van der Waals surface area contributed by atoms with Gasteiger partial charge in [0, 0.05) is 17.2 Å². The summed E-state index contributed by atoms with van der Waals surface area (Å²) in [6.07, 6.45) is 2.99. The SMILES string of the molecule is COc1cc(F)c(S(=O)(=O)Cc2cccc(-c3nn(C4CCN(C)CC4)c4ncnc(N)c34)c2F)cc1Cl. The summed E-state index contributed by atoms with van der Waals surface area (Å²) in [5, 5.41) is 5.01. The Morgan fingerprint density at radius 3 is 2.63 bits per heavy atom. The summed E-state index contributed by atoms with van der Waals surface area (Å²) in [7, 11) is -0.987. The third kappa shape index (κ3) is 4.67. The summed E-state index contributed by atoms with van der Waals surface area (Å²) in [6.45, 7) is 1.74. The molecule has 2 aromatic heterocycles. The minimum Gasteiger partial charge on any atom is -0.495 e. The number of methoxy groups -OCH3 is 1. The summed E-state index contributed by atoms with van der Waals surface area (Å²) in [4.78, 5) is 10.0. The van der Waals surface area contributed by atoms with Crippen molar-refractivity contribution in [1.82, 2.24) is 24.6 Å². The fourth-order valence-corrected chi connectivity index (χ4v) is 6.49. The number of piperidine rings is 1. The topological polar surface area (TPSA) is 116 Å². The number of nitrogens with zero attached hydrogens (tertiary/aromatic N) is 5. The molecule has 38 heavy (non-hydrogen) atoms. The minimum atomic E-state index is -4.32. The third-order valence-electron chi connectivity index (χ3n) is 6.77. The van der Waals surface area contributed by atoms with Gasteiger partial charge < -0.3 is 15.4 Å². The zero-order chi connectivity index (χ0) is 27.2. The van der Waals surface area contributed by atoms with E-state index in [4.69, 9.17) is 27.2 Å². The smallest absolute Gasteiger partial charge is 0.185 e. The average Bonchev–Trinajstić information content (AvgIpc) is 3.27. The van der Waals surface area contributed by atoms with E-state index in [1.165, 1.54) is 31.6 Å². The van der Waals surface area contributed by atoms with Gasteiger partial charge in [-0.1, -0.05) is 23.7 Å². The zero-order valence-electron chi connectivity index (χ0n) is 20.7. The van der Waals surface area contributed by atoms with Crippen molar-refractivity contribution in [3.8, 4) is 17.0 Å². The molecule has 0 amide bonds. The number of ether oxygens (including phenoxy) is 1. The van der Waals surface area contributed by atoms with Gasteiger partial charge in [0.25, 0.3) is 0 Å². The van der Waals surface area contributed by atoms with E-state index in [0.717, 1.165) is 38.1 Å². The first-order chi connectivity index (χ1) is 18.1. The van der Waals surface area contributed by atoms with E-state index < -0.39 is 32.1 Å². The fourth-order valence-electron chi connectivity index (χ4n) is 4.74. The first-order valence-corrected chi connectivity index (χ1v) is 13.8. The maximum atomic E-state index is 15.9. The quantitative estimate of drug-likeness (QED) is 0.371. The number of likely N-dealkylation sites (tertiary alicyclic amines) is 1. The molecule has 0 aliphatic carbocycles. The van der Waals surface area contributed by atoms with Gasteiger partial charge in [-0.25, -0.2) is 31.8 Å². The van der Waals surface area contributed by atoms with Gasteiger partial charge in [-0.15, -0.1) is 0 Å². The number of sulfone groups is 1. The lowest BCUT2D eigenvalue weighted by atomic mass is 10.1. The monoisotopic (exact) mass is 562 g/mol. The molecule has 13 heteroatoms. The standard InChI is InChI=1S/C25H25ClF2N6O3S/c1-33-8-6-15(7-9-33)34-25-21(24(29)30-13-31-25)23(32-34)16-5-3-4-14(22(16)28)12-38(35,36)20-10-17(26)19(37-2)11-18(20)27/h3-5,10-11,13,15H,6-9,12H2,1-2H3,(H2,29,30,31). The lowest BCUT2D eigenvalue weighted by Crippen LogP contribution is -2.32. The fraction of sp³-hybridized carbons (Fsp3) is 0.320. The molecule has 2 aromatic carbocycles. The van der Waals surface area contributed by atoms with Crippen LogP contribution in [0, 0.1) is 11.6 Å². The Balaban J connectivity index is 1.58. The first kappa shape index (κ1) is 26.3. The highest BCUT2D eigenvalue weighted by molar-refractivity contribution is 7.90. The molecule has 0 spiro atoms. The third-order valence-corrected chi connectivity index (χ3v) is 8.74. The zero-order valence-corrected chi connectivity index (χ0v) is 22.2. The summed E-state index contributed by atoms with van der Waals surface area (Å²) in [6, 6.07) is 6.21. The maximum absolute atomic E-state index is 15.9. The van der Waals surface area contributed by atoms with E-state index in [0.29, 0.717) is 11.0 Å². The molecule has 1 aliphatic rings. The minimum absolute atomic E-state index is 0.0109. The number of halogens is 3. The molecule has 0 unspecified atom stereocenters. The van der Waals surface area contributed by atoms with E-state index in [2.05, 4.69) is 14.9 Å². The van der Waals surface area contributed by atoms with Gasteiger partial charge in [-0.05, 0) is 45.1 Å². The molecule has 0 radical (unpaired) electrons. The first-order valence-electron chi connectivity index (χ1n) is 11.8. The molecule has 1 saturated heterocycles. The molecule has 0 bridgehead atoms. The van der Waals surface area contributed by atoms with Crippen LogP contribution in [0.3, 0.4) is 0 Å². The number of benzene rings is 2. The van der Waals surface area contributed by atoms with Crippen molar-refractivity contribution in [3.05, 3.63) is 58.9 Å². The number of anilines is 1. The molecule has 1 fully saturated rings. The van der Waals surface area contributed by atoms with Crippen molar-refractivity contribution >= 4 is 38.3 Å². The largest absolute Gasteiger partial charge is 0.495 e. The molecule has 5 rings (SSSR count). The van der Waals surface area contributed by atoms with Crippen LogP contribution in [0.2, 0.25) is 5.02 Å². The van der Waals surface area contributed by atoms with Gasteiger partial charge in [0.1, 0.15) is 40.1 Å². The van der Waals surface area contributed by atoms with Crippen molar-refractivity contribution in [2.45, 2.75) is 29.5 Å². The molecule has 200 valence electrons. The molecule has 0 saturated carbocycles. The van der Waals surface area contributed by atoms with E-state index in [1.54, 1.807) is 4.68 Å². The van der Waals surface area contributed by atoms with Gasteiger partial charge in [0.2, 0.25) is 0 Å². The lowest BCUT2D eigenvalue weighted by molar-refractivity contribution is 0.215. The van der Waals surface area contributed by atoms with Crippen LogP contribution in [0.15, 0.2) is 41.6 Å². The summed E-state index contributed by atoms with van der Waals surface area (Å²) < 4.78 is 63.5. The van der Waals surface area contributed by atoms with Crippen LogP contribution < -0.4 is 10.5 Å². The van der Waals surface area contributed by atoms with Crippen LogP contribution >= 0.6 is 11.6 Å². The lowest BCUT2D eigenvalue weighted by Gasteiger charge is -2.29. The molecule has 2 N–H and O–H groups in total. The molecule has 1 aliphatic heterocycles. The van der Waals surface area contributed by atoms with Gasteiger partial charge in [0.15, 0.2) is 15.5 Å². The van der Waals surface area contributed by atoms with Crippen LogP contribution in [0.1, 0.15) is 24.4 Å². The Kier molecular flexibility index (Phi) is 6.97. The number of hydrogen-bond acceptors (Lipinski definition) is 8. The normalized spacial score (nSPS) is 15.3. The number of nitrogen functional groups attached to an aromatic ring is 1. The summed E-state index contributed by atoms with van der Waals surface area (Å²) >= 11 is 6.02. The Morgan fingerprint density at radius 2 is 1.92 bits per heavy atom. The van der Waals surface area contributed by atoms with Crippen LogP contribution in [-0.4, -0.2) is 60.3 Å². The summed E-state index contributed by atoms with van der Waals surface area (Å²) in [5.41, 5.74) is 6.77. The Bertz CT molecular complexity index is 1640. The van der Waals surface area contributed by atoms with Gasteiger partial charge in [-0.3, -0.25) is 0 Å². The van der Waals surface area contributed by atoms with Crippen LogP contribution in [0.25, 0.3) is 22.3 Å². The van der Waals surface area contributed by atoms with Crippen molar-refractivity contribution in [2.24, 2.45) is 0 Å². The van der Waals surface area contributed by atoms with E-state index in [1.807, 2.05) is 7.05 Å². The highest BCUT2D eigenvalue weighted by Crippen LogP contribution is 2.37. The van der Waals surface area contributed by atoms with Gasteiger partial charge >= 0.3 is 0 Å². The van der Waals surface area contributed by atoms with Gasteiger partial charge in [-0.2, -0.15) is 5.10 Å². The second kappa shape index (κ2) is 10.1. The number of rotatable bonds is 6. The Hall–Kier alpha value is -3.35. The highest BCUT2D eigenvalue weighted by atomic mass is 35.5. The van der Waals surface area contributed by atoms with E-state index >= 15 is 4.39 Å². The van der Waals surface area contributed by atoms with Crippen LogP contribution in [-0.2, 0) is 15.6 Å². The second-order valence-corrected chi connectivity index (χ2v) is 11.6. The van der Waals surface area contributed by atoms with Crippen molar-refractivity contribution in [3.63, 3.8) is 0 Å². The molecular weight excluding hydrogens is 538 g/mol. The van der Waals surface area contributed by atoms with E-state index in [9.17, 15) is 12.8 Å². The number of hydrogen-bond donors (Lipinski definition) is 1. The van der Waals surface area contributed by atoms with Gasteiger partial charge in [0.05, 0.1) is 29.3 Å². The van der Waals surface area contributed by atoms with Crippen molar-refractivity contribution in [1.29, 1.82) is 0 Å². The summed E-state index contributed by atoms with van der Waals surface area (Å²) in [5.74, 6) is -2.53. The molecule has 3 heterocycles. The Morgan fingerprint density at radius 1 is 1.18 bits per heavy atom. The van der Waals surface area contributed by atoms with Crippen molar-refractivity contribution < 1.29 is 21.9 Å². The van der Waals surface area contributed by atoms with Crippen LogP contribution in [0.5, 0.6) is 5.75 Å². The molecule has 9 nitrogen and oxygen atoms in total. The molecule has 0 atom stereocenters. The maximum Gasteiger partial charge on any atom is 0.185 e. The Labute approximate surface area is 223 Å². The molecular formula is C25H25ClF2N6O3S. The number of fused-ring (bicyclic) bond motifs is 1. The number of aromatic nitrogens is 4. The predicted molar refractivity (Wildman–Crippen MR) is 140 cm³/mol. The molecule has 4 aromatic rings. The van der Waals surface area contributed by atoms with E-state index in [-0.39, 0.29) is 39.5 Å². The average molecular weight is 563 g/mol. The predicted octanol–water partition coefficient (Wildman–Crippen LogP) is 4.26.